The SMILES string of the molecule is N#Cc1ccc(Cl)cc1S(=O)(=O)N1CCC(CCN)CC1. The van der Waals surface area contributed by atoms with Crippen LogP contribution in [0.15, 0.2) is 23.1 Å². The summed E-state index contributed by atoms with van der Waals surface area (Å²) >= 11 is 5.88. The molecule has 1 aromatic carbocycles. The summed E-state index contributed by atoms with van der Waals surface area (Å²) in [5.74, 6) is 0.483. The van der Waals surface area contributed by atoms with Crippen LogP contribution in [0.2, 0.25) is 5.02 Å². The molecule has 0 unspecified atom stereocenters. The molecule has 0 aromatic heterocycles. The Morgan fingerprint density at radius 2 is 2.05 bits per heavy atom. The molecule has 0 radical (unpaired) electrons. The fourth-order valence-corrected chi connectivity index (χ4v) is 4.49. The number of hydrogen-bond donors (Lipinski definition) is 1. The van der Waals surface area contributed by atoms with Crippen LogP contribution < -0.4 is 5.73 Å². The first-order chi connectivity index (χ1) is 9.98. The fraction of sp³-hybridized carbons (Fsp3) is 0.500. The molecular formula is C14H18ClN3O2S. The summed E-state index contributed by atoms with van der Waals surface area (Å²) in [7, 11) is -3.67. The zero-order chi connectivity index (χ0) is 15.5. The van der Waals surface area contributed by atoms with E-state index in [1.165, 1.54) is 22.5 Å². The van der Waals surface area contributed by atoms with Gasteiger partial charge in [0, 0.05) is 18.1 Å². The van der Waals surface area contributed by atoms with Crippen LogP contribution in [0.5, 0.6) is 0 Å². The molecule has 0 spiro atoms. The van der Waals surface area contributed by atoms with Crippen molar-refractivity contribution in [3.63, 3.8) is 0 Å². The smallest absolute Gasteiger partial charge is 0.244 e. The molecule has 1 heterocycles. The molecular weight excluding hydrogens is 310 g/mol. The summed E-state index contributed by atoms with van der Waals surface area (Å²) in [6.07, 6.45) is 2.53. The summed E-state index contributed by atoms with van der Waals surface area (Å²) in [6, 6.07) is 6.23. The van der Waals surface area contributed by atoms with Gasteiger partial charge in [-0.25, -0.2) is 8.42 Å². The molecule has 0 aliphatic carbocycles. The number of benzene rings is 1. The lowest BCUT2D eigenvalue weighted by Crippen LogP contribution is -2.39. The zero-order valence-electron chi connectivity index (χ0n) is 11.6. The molecule has 7 heteroatoms. The minimum Gasteiger partial charge on any atom is -0.330 e. The van der Waals surface area contributed by atoms with Crippen molar-refractivity contribution in [1.82, 2.24) is 4.31 Å². The fourth-order valence-electron chi connectivity index (χ4n) is 2.62. The first kappa shape index (κ1) is 16.2. The van der Waals surface area contributed by atoms with Crippen molar-refractivity contribution in [3.05, 3.63) is 28.8 Å². The average Bonchev–Trinajstić information content (AvgIpc) is 2.48. The molecule has 5 nitrogen and oxygen atoms in total. The predicted octanol–water partition coefficient (Wildman–Crippen LogP) is 1.96. The number of rotatable bonds is 4. The van der Waals surface area contributed by atoms with Crippen LogP contribution in [0.25, 0.3) is 0 Å². The lowest BCUT2D eigenvalue weighted by molar-refractivity contribution is 0.266. The summed E-state index contributed by atoms with van der Waals surface area (Å²) in [6.45, 7) is 1.55. The van der Waals surface area contributed by atoms with Crippen molar-refractivity contribution in [2.24, 2.45) is 11.7 Å². The molecule has 0 amide bonds. The number of halogens is 1. The van der Waals surface area contributed by atoms with E-state index in [0.717, 1.165) is 19.3 Å². The number of sulfonamides is 1. The Bertz CT molecular complexity index is 647. The molecule has 114 valence electrons. The van der Waals surface area contributed by atoms with Crippen LogP contribution in [-0.2, 0) is 10.0 Å². The van der Waals surface area contributed by atoms with Crippen LogP contribution in [0.3, 0.4) is 0 Å². The monoisotopic (exact) mass is 327 g/mol. The third kappa shape index (κ3) is 3.55. The molecule has 1 aliphatic heterocycles. The number of hydrogen-bond acceptors (Lipinski definition) is 4. The standard InChI is InChI=1S/C14H18ClN3O2S/c15-13-2-1-12(10-17)14(9-13)21(19,20)18-7-4-11(3-6-16)5-8-18/h1-2,9,11H,3-8,16H2. The molecule has 1 aromatic rings. The molecule has 1 fully saturated rings. The van der Waals surface area contributed by atoms with Gasteiger partial charge in [-0.15, -0.1) is 0 Å². The van der Waals surface area contributed by atoms with Crippen LogP contribution in [0.4, 0.5) is 0 Å². The van der Waals surface area contributed by atoms with Crippen molar-refractivity contribution in [1.29, 1.82) is 5.26 Å². The van der Waals surface area contributed by atoms with E-state index < -0.39 is 10.0 Å². The van der Waals surface area contributed by atoms with Crippen LogP contribution in [0, 0.1) is 17.2 Å². The lowest BCUT2D eigenvalue weighted by Gasteiger charge is -2.31. The second-order valence-electron chi connectivity index (χ2n) is 5.18. The summed E-state index contributed by atoms with van der Waals surface area (Å²) < 4.78 is 26.8. The van der Waals surface area contributed by atoms with Gasteiger partial charge in [-0.05, 0) is 49.9 Å². The highest BCUT2D eigenvalue weighted by Crippen LogP contribution is 2.28. The molecule has 0 bridgehead atoms. The number of nitrogens with two attached hydrogens (primary N) is 1. The summed E-state index contributed by atoms with van der Waals surface area (Å²) in [5, 5.41) is 9.40. The Morgan fingerprint density at radius 3 is 2.62 bits per heavy atom. The van der Waals surface area contributed by atoms with Gasteiger partial charge in [0.1, 0.15) is 11.0 Å². The highest BCUT2D eigenvalue weighted by atomic mass is 35.5. The third-order valence-corrected chi connectivity index (χ3v) is 6.00. The van der Waals surface area contributed by atoms with Gasteiger partial charge in [-0.3, -0.25) is 0 Å². The summed E-state index contributed by atoms with van der Waals surface area (Å²) in [5.41, 5.74) is 5.67. The number of nitriles is 1. The predicted molar refractivity (Wildman–Crippen MR) is 81.3 cm³/mol. The van der Waals surface area contributed by atoms with Gasteiger partial charge >= 0.3 is 0 Å². The molecule has 1 saturated heterocycles. The number of nitrogens with zero attached hydrogens (tertiary/aromatic N) is 2. The topological polar surface area (TPSA) is 87.2 Å². The second kappa shape index (κ2) is 6.75. The van der Waals surface area contributed by atoms with Gasteiger partial charge in [0.05, 0.1) is 5.56 Å². The van der Waals surface area contributed by atoms with E-state index in [9.17, 15) is 8.42 Å². The van der Waals surface area contributed by atoms with Gasteiger partial charge in [-0.1, -0.05) is 11.6 Å². The first-order valence-electron chi connectivity index (χ1n) is 6.89. The van der Waals surface area contributed by atoms with E-state index in [1.807, 2.05) is 6.07 Å². The Morgan fingerprint density at radius 1 is 1.38 bits per heavy atom. The quantitative estimate of drug-likeness (QED) is 0.915. The van der Waals surface area contributed by atoms with Crippen molar-refractivity contribution in [2.45, 2.75) is 24.2 Å². The minimum absolute atomic E-state index is 0.00484. The normalized spacial score (nSPS) is 17.6. The van der Waals surface area contributed by atoms with Crippen LogP contribution in [-0.4, -0.2) is 32.4 Å². The third-order valence-electron chi connectivity index (χ3n) is 3.83. The van der Waals surface area contributed by atoms with Gasteiger partial charge in [-0.2, -0.15) is 9.57 Å². The molecule has 21 heavy (non-hydrogen) atoms. The van der Waals surface area contributed by atoms with Crippen molar-refractivity contribution in [3.8, 4) is 6.07 Å². The molecule has 1 aliphatic rings. The van der Waals surface area contributed by atoms with E-state index in [2.05, 4.69) is 0 Å². The Balaban J connectivity index is 2.24. The van der Waals surface area contributed by atoms with Crippen LogP contribution in [0.1, 0.15) is 24.8 Å². The van der Waals surface area contributed by atoms with E-state index >= 15 is 0 Å². The Hall–Kier alpha value is -1.13. The molecule has 0 atom stereocenters. The van der Waals surface area contributed by atoms with E-state index in [0.29, 0.717) is 30.6 Å². The Labute approximate surface area is 130 Å². The Kier molecular flexibility index (Phi) is 5.22. The lowest BCUT2D eigenvalue weighted by atomic mass is 9.95. The minimum atomic E-state index is -3.67. The maximum absolute atomic E-state index is 12.7. The van der Waals surface area contributed by atoms with Crippen molar-refractivity contribution in [2.75, 3.05) is 19.6 Å². The van der Waals surface area contributed by atoms with Crippen molar-refractivity contribution >= 4 is 21.6 Å². The maximum Gasteiger partial charge on any atom is 0.244 e. The van der Waals surface area contributed by atoms with Crippen LogP contribution >= 0.6 is 11.6 Å². The second-order valence-corrected chi connectivity index (χ2v) is 7.52. The molecule has 0 saturated carbocycles. The zero-order valence-corrected chi connectivity index (χ0v) is 13.2. The summed E-state index contributed by atoms with van der Waals surface area (Å²) in [4.78, 5) is -0.00484. The van der Waals surface area contributed by atoms with Gasteiger partial charge in [0.15, 0.2) is 0 Å². The molecule has 2 rings (SSSR count). The highest BCUT2D eigenvalue weighted by molar-refractivity contribution is 7.89. The number of piperidine rings is 1. The van der Waals surface area contributed by atoms with Gasteiger partial charge < -0.3 is 5.73 Å². The van der Waals surface area contributed by atoms with Crippen molar-refractivity contribution < 1.29 is 8.42 Å². The van der Waals surface area contributed by atoms with E-state index in [-0.39, 0.29) is 10.5 Å². The molecule has 2 N–H and O–H groups in total. The van der Waals surface area contributed by atoms with Gasteiger partial charge in [0.25, 0.3) is 0 Å². The van der Waals surface area contributed by atoms with E-state index in [4.69, 9.17) is 22.6 Å². The maximum atomic E-state index is 12.7. The largest absolute Gasteiger partial charge is 0.330 e. The first-order valence-corrected chi connectivity index (χ1v) is 8.70. The highest BCUT2D eigenvalue weighted by Gasteiger charge is 2.31. The van der Waals surface area contributed by atoms with E-state index in [1.54, 1.807) is 0 Å². The average molecular weight is 328 g/mol. The van der Waals surface area contributed by atoms with Gasteiger partial charge in [0.2, 0.25) is 10.0 Å².